The van der Waals surface area contributed by atoms with E-state index < -0.39 is 0 Å². The normalized spacial score (nSPS) is 12.4. The SMILES string of the molecule is COCCCOCC(N)c1ccc(OC)cc1. The van der Waals surface area contributed by atoms with Crippen LogP contribution in [0.4, 0.5) is 0 Å². The van der Waals surface area contributed by atoms with Crippen LogP contribution < -0.4 is 10.5 Å². The standard InChI is InChI=1S/C13H21NO3/c1-15-8-3-9-17-10-13(14)11-4-6-12(16-2)7-5-11/h4-7,13H,3,8-10,14H2,1-2H3. The van der Waals surface area contributed by atoms with Crippen molar-refractivity contribution in [2.45, 2.75) is 12.5 Å². The Balaban J connectivity index is 2.28. The van der Waals surface area contributed by atoms with E-state index in [1.54, 1.807) is 14.2 Å². The Labute approximate surface area is 103 Å². The average Bonchev–Trinajstić information content (AvgIpc) is 2.38. The largest absolute Gasteiger partial charge is 0.497 e. The van der Waals surface area contributed by atoms with Crippen molar-refractivity contribution in [2.24, 2.45) is 5.73 Å². The van der Waals surface area contributed by atoms with Crippen LogP contribution in [0, 0.1) is 0 Å². The quantitative estimate of drug-likeness (QED) is 0.702. The first-order chi connectivity index (χ1) is 8.27. The second kappa shape index (κ2) is 8.06. The fraction of sp³-hybridized carbons (Fsp3) is 0.538. The molecule has 96 valence electrons. The number of hydrogen-bond donors (Lipinski definition) is 1. The number of nitrogens with two attached hydrogens (primary N) is 1. The van der Waals surface area contributed by atoms with Crippen LogP contribution in [0.5, 0.6) is 5.75 Å². The lowest BCUT2D eigenvalue weighted by molar-refractivity contribution is 0.0940. The van der Waals surface area contributed by atoms with Crippen molar-refractivity contribution in [3.05, 3.63) is 29.8 Å². The monoisotopic (exact) mass is 239 g/mol. The van der Waals surface area contributed by atoms with Crippen molar-refractivity contribution in [1.29, 1.82) is 0 Å². The van der Waals surface area contributed by atoms with Gasteiger partial charge in [-0.15, -0.1) is 0 Å². The van der Waals surface area contributed by atoms with Gasteiger partial charge in [0.05, 0.1) is 19.8 Å². The predicted octanol–water partition coefficient (Wildman–Crippen LogP) is 1.75. The summed E-state index contributed by atoms with van der Waals surface area (Å²) in [4.78, 5) is 0. The Kier molecular flexibility index (Phi) is 6.62. The summed E-state index contributed by atoms with van der Waals surface area (Å²) in [6.45, 7) is 1.92. The molecule has 0 aliphatic carbocycles. The van der Waals surface area contributed by atoms with Gasteiger partial charge in [-0.05, 0) is 24.1 Å². The first kappa shape index (κ1) is 14.0. The van der Waals surface area contributed by atoms with E-state index in [0.717, 1.165) is 24.3 Å². The minimum atomic E-state index is -0.0940. The molecule has 0 saturated heterocycles. The van der Waals surface area contributed by atoms with Crippen molar-refractivity contribution < 1.29 is 14.2 Å². The molecule has 0 saturated carbocycles. The lowest BCUT2D eigenvalue weighted by Gasteiger charge is -2.13. The van der Waals surface area contributed by atoms with Gasteiger partial charge in [-0.2, -0.15) is 0 Å². The zero-order valence-electron chi connectivity index (χ0n) is 10.5. The third kappa shape index (κ3) is 5.17. The van der Waals surface area contributed by atoms with E-state index in [-0.39, 0.29) is 6.04 Å². The van der Waals surface area contributed by atoms with Crippen molar-refractivity contribution in [1.82, 2.24) is 0 Å². The van der Waals surface area contributed by atoms with E-state index in [1.165, 1.54) is 0 Å². The van der Waals surface area contributed by atoms with E-state index >= 15 is 0 Å². The molecular formula is C13H21NO3. The predicted molar refractivity (Wildman–Crippen MR) is 67.2 cm³/mol. The Morgan fingerprint density at radius 1 is 1.12 bits per heavy atom. The highest BCUT2D eigenvalue weighted by molar-refractivity contribution is 5.28. The van der Waals surface area contributed by atoms with Crippen LogP contribution in [-0.4, -0.2) is 34.0 Å². The number of rotatable bonds is 8. The molecular weight excluding hydrogens is 218 g/mol. The van der Waals surface area contributed by atoms with Crippen LogP contribution in [0.3, 0.4) is 0 Å². The Hall–Kier alpha value is -1.10. The maximum Gasteiger partial charge on any atom is 0.118 e. The van der Waals surface area contributed by atoms with Gasteiger partial charge in [0, 0.05) is 20.3 Å². The van der Waals surface area contributed by atoms with Crippen molar-refractivity contribution in [2.75, 3.05) is 34.0 Å². The second-order valence-electron chi connectivity index (χ2n) is 3.80. The maximum atomic E-state index is 6.00. The third-order valence-electron chi connectivity index (χ3n) is 2.48. The van der Waals surface area contributed by atoms with Gasteiger partial charge in [-0.1, -0.05) is 12.1 Å². The number of methoxy groups -OCH3 is 2. The van der Waals surface area contributed by atoms with Crippen LogP contribution in [0.15, 0.2) is 24.3 Å². The van der Waals surface area contributed by atoms with E-state index in [1.807, 2.05) is 24.3 Å². The van der Waals surface area contributed by atoms with Gasteiger partial charge in [-0.25, -0.2) is 0 Å². The molecule has 2 N–H and O–H groups in total. The topological polar surface area (TPSA) is 53.7 Å². The van der Waals surface area contributed by atoms with Gasteiger partial charge >= 0.3 is 0 Å². The molecule has 0 aliphatic heterocycles. The summed E-state index contributed by atoms with van der Waals surface area (Å²) in [6, 6.07) is 7.63. The minimum Gasteiger partial charge on any atom is -0.497 e. The van der Waals surface area contributed by atoms with Gasteiger partial charge in [0.2, 0.25) is 0 Å². The molecule has 0 bridgehead atoms. The molecule has 1 aromatic carbocycles. The summed E-state index contributed by atoms with van der Waals surface area (Å²) >= 11 is 0. The first-order valence-electron chi connectivity index (χ1n) is 5.74. The smallest absolute Gasteiger partial charge is 0.118 e. The lowest BCUT2D eigenvalue weighted by Crippen LogP contribution is -2.17. The maximum absolute atomic E-state index is 6.00. The summed E-state index contributed by atoms with van der Waals surface area (Å²) in [7, 11) is 3.33. The summed E-state index contributed by atoms with van der Waals surface area (Å²) in [5.41, 5.74) is 7.06. The van der Waals surface area contributed by atoms with Crippen LogP contribution in [0.1, 0.15) is 18.0 Å². The third-order valence-corrected chi connectivity index (χ3v) is 2.48. The van der Waals surface area contributed by atoms with Crippen molar-refractivity contribution in [3.63, 3.8) is 0 Å². The molecule has 0 fully saturated rings. The molecule has 1 aromatic rings. The Morgan fingerprint density at radius 3 is 2.41 bits per heavy atom. The highest BCUT2D eigenvalue weighted by Gasteiger charge is 2.05. The highest BCUT2D eigenvalue weighted by Crippen LogP contribution is 2.16. The van der Waals surface area contributed by atoms with E-state index in [4.69, 9.17) is 19.9 Å². The van der Waals surface area contributed by atoms with E-state index in [9.17, 15) is 0 Å². The minimum absolute atomic E-state index is 0.0940. The molecule has 1 unspecified atom stereocenters. The molecule has 0 spiro atoms. The zero-order valence-corrected chi connectivity index (χ0v) is 10.5. The molecule has 17 heavy (non-hydrogen) atoms. The van der Waals surface area contributed by atoms with E-state index in [2.05, 4.69) is 0 Å². The summed E-state index contributed by atoms with van der Waals surface area (Å²) in [5.74, 6) is 0.835. The van der Waals surface area contributed by atoms with E-state index in [0.29, 0.717) is 13.2 Å². The average molecular weight is 239 g/mol. The number of ether oxygens (including phenoxy) is 3. The molecule has 0 aromatic heterocycles. The van der Waals surface area contributed by atoms with Crippen LogP contribution >= 0.6 is 0 Å². The van der Waals surface area contributed by atoms with Gasteiger partial charge in [0.25, 0.3) is 0 Å². The fourth-order valence-corrected chi connectivity index (χ4v) is 1.46. The summed E-state index contributed by atoms with van der Waals surface area (Å²) in [6.07, 6.45) is 0.895. The number of hydrogen-bond acceptors (Lipinski definition) is 4. The molecule has 0 amide bonds. The molecule has 0 heterocycles. The Morgan fingerprint density at radius 2 is 1.82 bits per heavy atom. The molecule has 0 radical (unpaired) electrons. The van der Waals surface area contributed by atoms with Crippen LogP contribution in [0.2, 0.25) is 0 Å². The first-order valence-corrected chi connectivity index (χ1v) is 5.74. The second-order valence-corrected chi connectivity index (χ2v) is 3.80. The van der Waals surface area contributed by atoms with Crippen molar-refractivity contribution in [3.8, 4) is 5.75 Å². The molecule has 4 nitrogen and oxygen atoms in total. The number of benzene rings is 1. The lowest BCUT2D eigenvalue weighted by atomic mass is 10.1. The van der Waals surface area contributed by atoms with Gasteiger partial charge < -0.3 is 19.9 Å². The summed E-state index contributed by atoms with van der Waals surface area (Å²) < 4.78 is 15.5. The molecule has 4 heteroatoms. The van der Waals surface area contributed by atoms with Gasteiger partial charge in [-0.3, -0.25) is 0 Å². The molecule has 1 rings (SSSR count). The Bertz CT molecular complexity index is 300. The van der Waals surface area contributed by atoms with Gasteiger partial charge in [0.15, 0.2) is 0 Å². The molecule has 1 atom stereocenters. The molecule has 0 aliphatic rings. The highest BCUT2D eigenvalue weighted by atomic mass is 16.5. The fourth-order valence-electron chi connectivity index (χ4n) is 1.46. The summed E-state index contributed by atoms with van der Waals surface area (Å²) in [5, 5.41) is 0. The van der Waals surface area contributed by atoms with Gasteiger partial charge in [0.1, 0.15) is 5.75 Å². The zero-order chi connectivity index (χ0) is 12.5. The van der Waals surface area contributed by atoms with Crippen molar-refractivity contribution >= 4 is 0 Å². The van der Waals surface area contributed by atoms with Crippen LogP contribution in [0.25, 0.3) is 0 Å². The van der Waals surface area contributed by atoms with Crippen LogP contribution in [-0.2, 0) is 9.47 Å².